The predicted molar refractivity (Wildman–Crippen MR) is 409 cm³/mol. The maximum Gasteiger partial charge on any atom is 0.472 e. The minimum absolute atomic E-state index is 0.0753. The molecule has 0 saturated carbocycles. The van der Waals surface area contributed by atoms with E-state index >= 15 is 0 Å². The molecule has 19 heteroatoms. The summed E-state index contributed by atoms with van der Waals surface area (Å²) in [4.78, 5) is 72.9. The number of phosphoric ester groups is 2. The average molecular weight is 1450 g/mol. The molecule has 0 aromatic heterocycles. The molecule has 0 rings (SSSR count). The van der Waals surface area contributed by atoms with E-state index in [9.17, 15) is 43.2 Å². The van der Waals surface area contributed by atoms with Gasteiger partial charge in [-0.15, -0.1) is 0 Å². The number of aliphatic hydroxyl groups is 1. The van der Waals surface area contributed by atoms with E-state index in [-0.39, 0.29) is 25.7 Å². The number of aliphatic hydroxyl groups excluding tert-OH is 1. The van der Waals surface area contributed by atoms with E-state index in [2.05, 4.69) is 125 Å². The van der Waals surface area contributed by atoms with Gasteiger partial charge in [0.1, 0.15) is 19.3 Å². The Balaban J connectivity index is 5.40. The van der Waals surface area contributed by atoms with Crippen LogP contribution >= 0.6 is 15.6 Å². The average Bonchev–Trinajstić information content (AvgIpc) is 1.01. The quantitative estimate of drug-likeness (QED) is 0.0128. The lowest BCUT2D eigenvalue weighted by Gasteiger charge is -2.21. The van der Waals surface area contributed by atoms with Gasteiger partial charge in [-0.2, -0.15) is 0 Å². The van der Waals surface area contributed by atoms with Crippen LogP contribution in [0, 0.1) is 0 Å². The number of rotatable bonds is 74. The van der Waals surface area contributed by atoms with Crippen molar-refractivity contribution in [2.45, 2.75) is 354 Å². The molecule has 2 unspecified atom stereocenters. The first kappa shape index (κ1) is 96.0. The standard InChI is InChI=1S/C81H142O17P2/c1-5-9-13-17-21-25-29-33-37-41-45-49-53-57-61-65-78(83)91-71-76(97-80(85)67-63-59-55-51-47-43-39-35-31-27-23-19-15-11-7-3)73-95-99(87,88)93-69-75(82)70-94-100(89,90)96-74-77(98-81(86)68-64-60-56-52-48-44-40-36-32-28-24-20-16-12-8-4)72-92-79(84)66-62-58-54-50-46-42-38-34-30-26-22-18-14-10-6-2/h21,23-28,30,33-40,75-77,82H,5-20,22,29,31-32,41-74H2,1-4H3,(H,87,88)(H,89,90)/b25-21-,27-23-,28-24-,30-26-,37-33-,38-34-,39-35-,40-36-/t75-,76+,77+/m0/s1. The normalized spacial score (nSPS) is 14.4. The molecule has 0 aromatic carbocycles. The lowest BCUT2D eigenvalue weighted by molar-refractivity contribution is -0.161. The van der Waals surface area contributed by atoms with Crippen molar-refractivity contribution >= 4 is 39.5 Å². The van der Waals surface area contributed by atoms with Gasteiger partial charge >= 0.3 is 39.5 Å². The summed E-state index contributed by atoms with van der Waals surface area (Å²) < 4.78 is 68.5. The highest BCUT2D eigenvalue weighted by Crippen LogP contribution is 2.45. The van der Waals surface area contributed by atoms with Crippen LogP contribution in [0.2, 0.25) is 0 Å². The molecule has 0 aliphatic carbocycles. The van der Waals surface area contributed by atoms with Gasteiger partial charge in [0.25, 0.3) is 0 Å². The smallest absolute Gasteiger partial charge is 0.462 e. The SMILES string of the molecule is CCCCC/C=C\C/C=C\CCCCCCCC(=O)OC[C@H](COP(=O)(O)OC[C@H](O)COP(=O)(O)OC[C@@H](COC(=O)CCCCCCC/C=C\C=C/CCCCCC)OC(=O)CCCCCCC/C=C\C/C=C\CCCCC)OC(=O)CCCCCCC/C=C\C/C=C\CCCCC. The lowest BCUT2D eigenvalue weighted by atomic mass is 10.1. The number of unbranched alkanes of at least 4 members (excludes halogenated alkanes) is 33. The van der Waals surface area contributed by atoms with Crippen LogP contribution in [0.5, 0.6) is 0 Å². The minimum Gasteiger partial charge on any atom is -0.462 e. The van der Waals surface area contributed by atoms with Crippen molar-refractivity contribution in [1.82, 2.24) is 0 Å². The Kier molecular flexibility index (Phi) is 70.4. The zero-order chi connectivity index (χ0) is 73.2. The number of esters is 4. The maximum absolute atomic E-state index is 13.1. The third-order valence-electron chi connectivity index (χ3n) is 16.5. The molecule has 0 amide bonds. The molecule has 0 aromatic rings. The van der Waals surface area contributed by atoms with Crippen molar-refractivity contribution < 1.29 is 80.2 Å². The van der Waals surface area contributed by atoms with E-state index in [0.717, 1.165) is 173 Å². The van der Waals surface area contributed by atoms with Crippen LogP contribution in [0.4, 0.5) is 0 Å². The maximum atomic E-state index is 13.1. The first-order chi connectivity index (χ1) is 48.7. The van der Waals surface area contributed by atoms with Crippen molar-refractivity contribution in [3.63, 3.8) is 0 Å². The Morgan fingerprint density at radius 3 is 0.820 bits per heavy atom. The van der Waals surface area contributed by atoms with Crippen LogP contribution < -0.4 is 0 Å². The van der Waals surface area contributed by atoms with E-state index in [1.165, 1.54) is 83.5 Å². The minimum atomic E-state index is -4.98. The topological polar surface area (TPSA) is 237 Å². The number of allylic oxidation sites excluding steroid dienone is 16. The fourth-order valence-electron chi connectivity index (χ4n) is 10.4. The number of hydrogen-bond acceptors (Lipinski definition) is 15. The molecular formula is C81H142O17P2. The van der Waals surface area contributed by atoms with Gasteiger partial charge in [0.05, 0.1) is 26.4 Å². The summed E-state index contributed by atoms with van der Waals surface area (Å²) in [5.74, 6) is -2.22. The molecule has 0 aliphatic heterocycles. The van der Waals surface area contributed by atoms with E-state index in [4.69, 9.17) is 37.0 Å². The van der Waals surface area contributed by atoms with Gasteiger partial charge in [-0.05, 0) is 148 Å². The number of carbonyl (C=O) groups is 4. The van der Waals surface area contributed by atoms with Crippen molar-refractivity contribution in [2.24, 2.45) is 0 Å². The van der Waals surface area contributed by atoms with Gasteiger partial charge < -0.3 is 33.8 Å². The predicted octanol–water partition coefficient (Wildman–Crippen LogP) is 22.8. The highest BCUT2D eigenvalue weighted by atomic mass is 31.2. The molecule has 578 valence electrons. The van der Waals surface area contributed by atoms with Gasteiger partial charge in [0.15, 0.2) is 12.2 Å². The Hall–Kier alpha value is -4.02. The second-order valence-electron chi connectivity index (χ2n) is 26.3. The Labute approximate surface area is 607 Å². The highest BCUT2D eigenvalue weighted by Gasteiger charge is 2.30. The van der Waals surface area contributed by atoms with Crippen molar-refractivity contribution in [3.05, 3.63) is 97.2 Å². The van der Waals surface area contributed by atoms with Crippen molar-refractivity contribution in [3.8, 4) is 0 Å². The monoisotopic (exact) mass is 1450 g/mol. The Morgan fingerprint density at radius 1 is 0.290 bits per heavy atom. The van der Waals surface area contributed by atoms with Gasteiger partial charge in [-0.1, -0.05) is 260 Å². The molecule has 0 aliphatic rings. The number of hydrogen-bond donors (Lipinski definition) is 3. The molecule has 0 bridgehead atoms. The summed E-state index contributed by atoms with van der Waals surface area (Å²) >= 11 is 0. The lowest BCUT2D eigenvalue weighted by Crippen LogP contribution is -2.30. The van der Waals surface area contributed by atoms with Crippen LogP contribution in [-0.4, -0.2) is 96.7 Å². The summed E-state index contributed by atoms with van der Waals surface area (Å²) in [6.45, 7) is 4.74. The molecule has 3 N–H and O–H groups in total. The van der Waals surface area contributed by atoms with Crippen LogP contribution in [0.1, 0.15) is 336 Å². The summed E-state index contributed by atoms with van der Waals surface area (Å²) in [6.07, 6.45) is 76.6. The van der Waals surface area contributed by atoms with E-state index in [0.29, 0.717) is 25.7 Å². The third-order valence-corrected chi connectivity index (χ3v) is 18.4. The molecule has 0 heterocycles. The summed E-state index contributed by atoms with van der Waals surface area (Å²) in [6, 6.07) is 0. The first-order valence-corrected chi connectivity index (χ1v) is 42.5. The van der Waals surface area contributed by atoms with Crippen LogP contribution in [-0.2, 0) is 65.4 Å². The summed E-state index contributed by atoms with van der Waals surface area (Å²) in [7, 11) is -9.97. The van der Waals surface area contributed by atoms with Crippen molar-refractivity contribution in [1.29, 1.82) is 0 Å². The molecule has 0 spiro atoms. The van der Waals surface area contributed by atoms with Gasteiger partial charge in [-0.3, -0.25) is 37.3 Å². The first-order valence-electron chi connectivity index (χ1n) is 39.5. The second-order valence-corrected chi connectivity index (χ2v) is 29.2. The van der Waals surface area contributed by atoms with Gasteiger partial charge in [-0.25, -0.2) is 9.13 Å². The fourth-order valence-corrected chi connectivity index (χ4v) is 12.0. The molecule has 100 heavy (non-hydrogen) atoms. The number of carbonyl (C=O) groups excluding carboxylic acids is 4. The largest absolute Gasteiger partial charge is 0.472 e. The zero-order valence-corrected chi connectivity index (χ0v) is 64.9. The van der Waals surface area contributed by atoms with E-state index < -0.39 is 97.5 Å². The molecule has 17 nitrogen and oxygen atoms in total. The third kappa shape index (κ3) is 72.3. The van der Waals surface area contributed by atoms with Crippen LogP contribution in [0.3, 0.4) is 0 Å². The second kappa shape index (κ2) is 73.3. The fraction of sp³-hybridized carbons (Fsp3) is 0.753. The molecule has 0 radical (unpaired) electrons. The van der Waals surface area contributed by atoms with Gasteiger partial charge in [0.2, 0.25) is 0 Å². The van der Waals surface area contributed by atoms with Crippen molar-refractivity contribution in [2.75, 3.05) is 39.6 Å². The Bertz CT molecular complexity index is 2270. The Morgan fingerprint density at radius 2 is 0.520 bits per heavy atom. The van der Waals surface area contributed by atoms with Crippen LogP contribution in [0.15, 0.2) is 97.2 Å². The summed E-state index contributed by atoms with van der Waals surface area (Å²) in [5, 5.41) is 10.6. The number of phosphoric acid groups is 2. The summed E-state index contributed by atoms with van der Waals surface area (Å²) in [5.41, 5.74) is 0. The van der Waals surface area contributed by atoms with Gasteiger partial charge in [0, 0.05) is 25.7 Å². The van der Waals surface area contributed by atoms with E-state index in [1.54, 1.807) is 0 Å². The van der Waals surface area contributed by atoms with Crippen LogP contribution in [0.25, 0.3) is 0 Å². The molecule has 0 fully saturated rings. The molecule has 0 saturated heterocycles. The zero-order valence-electron chi connectivity index (χ0n) is 63.1. The highest BCUT2D eigenvalue weighted by molar-refractivity contribution is 7.47. The van der Waals surface area contributed by atoms with E-state index in [1.807, 2.05) is 0 Å². The molecular weight excluding hydrogens is 1310 g/mol. The number of ether oxygens (including phenoxy) is 4. The molecule has 5 atom stereocenters.